The normalized spacial score (nSPS) is 11.4. The highest BCUT2D eigenvalue weighted by Gasteiger charge is 2.16. The fourth-order valence-electron chi connectivity index (χ4n) is 7.39. The van der Waals surface area contributed by atoms with E-state index in [0.29, 0.717) is 0 Å². The summed E-state index contributed by atoms with van der Waals surface area (Å²) < 4.78 is 0. The monoisotopic (exact) mass is 716 g/mol. The lowest BCUT2D eigenvalue weighted by atomic mass is 10.1. The molecule has 266 valence electrons. The number of nitrogens with zero attached hydrogens (tertiary/aromatic N) is 2. The number of para-hydroxylation sites is 2. The molecule has 0 atom stereocenters. The van der Waals surface area contributed by atoms with E-state index >= 15 is 0 Å². The van der Waals surface area contributed by atoms with Gasteiger partial charge in [-0.15, -0.1) is 0 Å². The van der Waals surface area contributed by atoms with E-state index in [4.69, 9.17) is 0 Å². The predicted molar refractivity (Wildman–Crippen MR) is 242 cm³/mol. The first-order valence-corrected chi connectivity index (χ1v) is 19.1. The largest absolute Gasteiger partial charge is 0.310 e. The molecule has 0 fully saturated rings. The van der Waals surface area contributed by atoms with Crippen LogP contribution in [0.5, 0.6) is 0 Å². The second-order valence-electron chi connectivity index (χ2n) is 13.9. The average Bonchev–Trinajstić information content (AvgIpc) is 3.27. The molecule has 9 aromatic rings. The van der Waals surface area contributed by atoms with Gasteiger partial charge in [-0.3, -0.25) is 0 Å². The van der Waals surface area contributed by atoms with Gasteiger partial charge in [0.25, 0.3) is 0 Å². The second kappa shape index (κ2) is 15.9. The van der Waals surface area contributed by atoms with Crippen molar-refractivity contribution in [2.45, 2.75) is 0 Å². The van der Waals surface area contributed by atoms with E-state index in [0.717, 1.165) is 56.4 Å². The van der Waals surface area contributed by atoms with Gasteiger partial charge in [-0.25, -0.2) is 0 Å². The number of benzene rings is 9. The van der Waals surface area contributed by atoms with Gasteiger partial charge in [-0.2, -0.15) is 0 Å². The first-order valence-electron chi connectivity index (χ1n) is 19.1. The summed E-state index contributed by atoms with van der Waals surface area (Å²) in [6, 6.07) is 77.6. The van der Waals surface area contributed by atoms with Crippen molar-refractivity contribution in [2.75, 3.05) is 9.80 Å². The maximum Gasteiger partial charge on any atom is 0.0540 e. The Bertz CT molecular complexity index is 2560. The third kappa shape index (κ3) is 7.37. The third-order valence-corrected chi connectivity index (χ3v) is 10.2. The van der Waals surface area contributed by atoms with Gasteiger partial charge in [-0.05, 0) is 93.7 Å². The molecule has 0 aliphatic heterocycles. The maximum atomic E-state index is 2.34. The molecule has 9 aromatic carbocycles. The minimum atomic E-state index is 1.12. The Morgan fingerprint density at radius 3 is 0.893 bits per heavy atom. The quantitative estimate of drug-likeness (QED) is 0.130. The Morgan fingerprint density at radius 2 is 0.518 bits per heavy atom. The molecular formula is C54H40N2. The van der Waals surface area contributed by atoms with Gasteiger partial charge in [0, 0.05) is 33.5 Å². The van der Waals surface area contributed by atoms with Crippen LogP contribution in [0.1, 0.15) is 22.3 Å². The zero-order valence-electron chi connectivity index (χ0n) is 31.0. The van der Waals surface area contributed by atoms with Crippen LogP contribution in [0, 0.1) is 0 Å². The van der Waals surface area contributed by atoms with E-state index in [2.05, 4.69) is 252 Å². The molecule has 2 nitrogen and oxygen atoms in total. The van der Waals surface area contributed by atoms with E-state index in [1.54, 1.807) is 0 Å². The molecule has 0 aliphatic rings. The summed E-state index contributed by atoms with van der Waals surface area (Å²) >= 11 is 0. The molecule has 0 radical (unpaired) electrons. The van der Waals surface area contributed by atoms with Crippen LogP contribution in [-0.4, -0.2) is 0 Å². The lowest BCUT2D eigenvalue weighted by Crippen LogP contribution is -2.10. The van der Waals surface area contributed by atoms with E-state index in [1.165, 1.54) is 21.5 Å². The molecule has 0 aliphatic carbocycles. The third-order valence-electron chi connectivity index (χ3n) is 10.2. The number of anilines is 6. The van der Waals surface area contributed by atoms with Crippen LogP contribution in [0.2, 0.25) is 0 Å². The van der Waals surface area contributed by atoms with Gasteiger partial charge in [0.15, 0.2) is 0 Å². The molecule has 0 saturated heterocycles. The SMILES string of the molecule is C(=Cc1ccc(N(c2ccccc2)c2cccc3ccccc23)cc1)c1ccc(C=Cc2ccc(N(c3ccccc3)c3cccc4ccccc34)cc2)cc1. The summed E-state index contributed by atoms with van der Waals surface area (Å²) in [5.41, 5.74) is 11.4. The molecule has 0 unspecified atom stereocenters. The van der Waals surface area contributed by atoms with Crippen LogP contribution < -0.4 is 9.80 Å². The first-order chi connectivity index (χ1) is 27.8. The molecule has 2 heteroatoms. The summed E-state index contributed by atoms with van der Waals surface area (Å²) in [6.45, 7) is 0. The molecule has 0 amide bonds. The number of fused-ring (bicyclic) bond motifs is 2. The standard InChI is InChI=1S/C54H40N2/c1-3-17-47(18-4-1)55(53-23-11-15-45-13-7-9-21-51(45)53)49-37-33-43(34-38-49)31-29-41-25-27-42(28-26-41)30-32-44-35-39-50(40-36-44)56(48-19-5-2-6-20-48)54-24-12-16-46-14-8-10-22-52(46)54/h1-40H. The van der Waals surface area contributed by atoms with Crippen molar-refractivity contribution >= 4 is 80.0 Å². The highest BCUT2D eigenvalue weighted by atomic mass is 15.1. The van der Waals surface area contributed by atoms with Gasteiger partial charge in [0.05, 0.1) is 11.4 Å². The molecule has 0 aromatic heterocycles. The zero-order valence-corrected chi connectivity index (χ0v) is 31.0. The first kappa shape index (κ1) is 34.4. The Balaban J connectivity index is 0.899. The van der Waals surface area contributed by atoms with Crippen molar-refractivity contribution in [1.29, 1.82) is 0 Å². The number of rotatable bonds is 10. The summed E-state index contributed by atoms with van der Waals surface area (Å²) in [6.07, 6.45) is 8.71. The van der Waals surface area contributed by atoms with E-state index in [9.17, 15) is 0 Å². The predicted octanol–water partition coefficient (Wildman–Crippen LogP) is 15.3. The summed E-state index contributed by atoms with van der Waals surface area (Å²) in [4.78, 5) is 4.67. The molecule has 0 bridgehead atoms. The van der Waals surface area contributed by atoms with E-state index in [-0.39, 0.29) is 0 Å². The minimum absolute atomic E-state index is 1.12. The van der Waals surface area contributed by atoms with Crippen molar-refractivity contribution < 1.29 is 0 Å². The van der Waals surface area contributed by atoms with E-state index < -0.39 is 0 Å². The van der Waals surface area contributed by atoms with E-state index in [1.807, 2.05) is 0 Å². The van der Waals surface area contributed by atoms with Crippen LogP contribution in [0.3, 0.4) is 0 Å². The molecule has 9 rings (SSSR count). The van der Waals surface area contributed by atoms with Crippen LogP contribution in [0.15, 0.2) is 218 Å². The zero-order chi connectivity index (χ0) is 37.5. The van der Waals surface area contributed by atoms with Crippen molar-refractivity contribution in [1.82, 2.24) is 0 Å². The molecule has 0 N–H and O–H groups in total. The molecule has 56 heavy (non-hydrogen) atoms. The fraction of sp³-hybridized carbons (Fsp3) is 0. The van der Waals surface area contributed by atoms with Gasteiger partial charge in [0.2, 0.25) is 0 Å². The highest BCUT2D eigenvalue weighted by Crippen LogP contribution is 2.40. The summed E-state index contributed by atoms with van der Waals surface area (Å²) in [7, 11) is 0. The number of hydrogen-bond donors (Lipinski definition) is 0. The maximum absolute atomic E-state index is 2.34. The average molecular weight is 717 g/mol. The summed E-state index contributed by atoms with van der Waals surface area (Å²) in [5.74, 6) is 0. The Hall–Kier alpha value is -7.42. The van der Waals surface area contributed by atoms with Gasteiger partial charge >= 0.3 is 0 Å². The smallest absolute Gasteiger partial charge is 0.0540 e. The van der Waals surface area contributed by atoms with Crippen LogP contribution >= 0.6 is 0 Å². The van der Waals surface area contributed by atoms with Gasteiger partial charge in [0.1, 0.15) is 0 Å². The van der Waals surface area contributed by atoms with Crippen LogP contribution in [0.25, 0.3) is 45.8 Å². The summed E-state index contributed by atoms with van der Waals surface area (Å²) in [5, 5.41) is 4.90. The Kier molecular flexibility index (Phi) is 9.75. The van der Waals surface area contributed by atoms with Crippen molar-refractivity contribution in [3.8, 4) is 0 Å². The molecule has 0 saturated carbocycles. The lowest BCUT2D eigenvalue weighted by Gasteiger charge is -2.27. The number of hydrogen-bond acceptors (Lipinski definition) is 2. The minimum Gasteiger partial charge on any atom is -0.310 e. The van der Waals surface area contributed by atoms with Crippen molar-refractivity contribution in [2.24, 2.45) is 0 Å². The lowest BCUT2D eigenvalue weighted by molar-refractivity contribution is 1.30. The topological polar surface area (TPSA) is 6.48 Å². The van der Waals surface area contributed by atoms with Crippen molar-refractivity contribution in [3.05, 3.63) is 241 Å². The molecular weight excluding hydrogens is 677 g/mol. The fourth-order valence-corrected chi connectivity index (χ4v) is 7.39. The van der Waals surface area contributed by atoms with Gasteiger partial charge in [-0.1, -0.05) is 182 Å². The van der Waals surface area contributed by atoms with Crippen LogP contribution in [0.4, 0.5) is 34.1 Å². The second-order valence-corrected chi connectivity index (χ2v) is 13.9. The molecule has 0 spiro atoms. The Labute approximate surface area is 329 Å². The Morgan fingerprint density at radius 1 is 0.232 bits per heavy atom. The van der Waals surface area contributed by atoms with Gasteiger partial charge < -0.3 is 9.80 Å². The van der Waals surface area contributed by atoms with Crippen LogP contribution in [-0.2, 0) is 0 Å². The van der Waals surface area contributed by atoms with Crippen molar-refractivity contribution in [3.63, 3.8) is 0 Å². The highest BCUT2D eigenvalue weighted by molar-refractivity contribution is 6.00. The molecule has 0 heterocycles.